The van der Waals surface area contributed by atoms with Gasteiger partial charge in [-0.25, -0.2) is 0 Å². The fourth-order valence-electron chi connectivity index (χ4n) is 2.94. The lowest BCUT2D eigenvalue weighted by atomic mass is 9.89. The molecule has 1 N–H and O–H groups in total. The number of aliphatic hydroxyl groups is 1. The number of benzene rings is 1. The molecule has 2 aromatic rings. The molecular weight excluding hydrogens is 393 g/mol. The zero-order valence-electron chi connectivity index (χ0n) is 15.7. The highest BCUT2D eigenvalue weighted by molar-refractivity contribution is 6.32. The quantitative estimate of drug-likeness (QED) is 0.610. The zero-order valence-corrected chi connectivity index (χ0v) is 16.5. The van der Waals surface area contributed by atoms with Gasteiger partial charge in [0.05, 0.1) is 29.6 Å². The number of pyridine rings is 1. The van der Waals surface area contributed by atoms with Gasteiger partial charge in [0.1, 0.15) is 11.7 Å². The third kappa shape index (κ3) is 5.45. The normalized spacial score (nSPS) is 15.4. The van der Waals surface area contributed by atoms with Crippen molar-refractivity contribution >= 4 is 23.5 Å². The Morgan fingerprint density at radius 1 is 1.29 bits per heavy atom. The molecule has 1 aromatic carbocycles. The molecule has 152 valence electrons. The Labute approximate surface area is 167 Å². The van der Waals surface area contributed by atoms with Crippen molar-refractivity contribution in [1.82, 2.24) is 4.98 Å². The minimum atomic E-state index is -4.64. The Morgan fingerprint density at radius 3 is 2.61 bits per heavy atom. The van der Waals surface area contributed by atoms with E-state index >= 15 is 0 Å². The van der Waals surface area contributed by atoms with Crippen LogP contribution in [0.25, 0.3) is 0 Å². The van der Waals surface area contributed by atoms with E-state index in [1.807, 2.05) is 0 Å². The van der Waals surface area contributed by atoms with E-state index in [0.29, 0.717) is 27.7 Å². The summed E-state index contributed by atoms with van der Waals surface area (Å²) in [6.45, 7) is 3.37. The number of para-hydroxylation sites is 1. The van der Waals surface area contributed by atoms with Gasteiger partial charge in [-0.15, -0.1) is 0 Å². The van der Waals surface area contributed by atoms with E-state index < -0.39 is 24.1 Å². The number of hydrogen-bond donors (Lipinski definition) is 1. The number of rotatable bonds is 7. The fraction of sp³-hybridized carbons (Fsp3) is 0.400. The number of aliphatic hydroxyl groups excluding tert-OH is 1. The Balaban J connectivity index is 2.23. The molecule has 0 aliphatic rings. The Kier molecular flexibility index (Phi) is 7.43. The number of halogens is 4. The zero-order chi connectivity index (χ0) is 20.9. The van der Waals surface area contributed by atoms with Crippen LogP contribution in [-0.4, -0.2) is 35.7 Å². The molecule has 3 unspecified atom stereocenters. The van der Waals surface area contributed by atoms with Crippen molar-refractivity contribution in [3.63, 3.8) is 0 Å². The van der Waals surface area contributed by atoms with Crippen LogP contribution in [0.1, 0.15) is 30.5 Å². The van der Waals surface area contributed by atoms with Crippen LogP contribution in [0.5, 0.6) is 5.75 Å². The summed E-state index contributed by atoms with van der Waals surface area (Å²) in [5, 5.41) is 10.7. The van der Waals surface area contributed by atoms with Crippen LogP contribution in [0, 0.1) is 12.8 Å². The minimum Gasteiger partial charge on any atom is -0.495 e. The van der Waals surface area contributed by atoms with Crippen LogP contribution in [0.3, 0.4) is 0 Å². The second-order valence-electron chi connectivity index (χ2n) is 6.52. The van der Waals surface area contributed by atoms with Crippen molar-refractivity contribution in [3.05, 3.63) is 52.8 Å². The number of nitrogens with zero attached hydrogens (tertiary/aromatic N) is 2. The number of hydrogen-bond acceptors (Lipinski definition) is 4. The predicted octanol–water partition coefficient (Wildman–Crippen LogP) is 5.49. The van der Waals surface area contributed by atoms with Crippen molar-refractivity contribution in [2.45, 2.75) is 38.5 Å². The van der Waals surface area contributed by atoms with Crippen LogP contribution in [0.15, 0.2) is 41.5 Å². The van der Waals surface area contributed by atoms with Crippen LogP contribution in [0.2, 0.25) is 5.02 Å². The Morgan fingerprint density at radius 2 is 2.00 bits per heavy atom. The Hall–Kier alpha value is -2.12. The molecule has 0 saturated carbocycles. The van der Waals surface area contributed by atoms with Crippen molar-refractivity contribution in [2.24, 2.45) is 10.9 Å². The first-order chi connectivity index (χ1) is 13.1. The molecule has 8 heteroatoms. The fourth-order valence-corrected chi connectivity index (χ4v) is 3.20. The van der Waals surface area contributed by atoms with Crippen molar-refractivity contribution in [3.8, 4) is 5.75 Å². The highest BCUT2D eigenvalue weighted by Gasteiger charge is 2.43. The molecule has 0 radical (unpaired) electrons. The highest BCUT2D eigenvalue weighted by Crippen LogP contribution is 2.38. The number of alkyl halides is 3. The molecule has 0 amide bonds. The smallest absolute Gasteiger partial charge is 0.399 e. The first kappa shape index (κ1) is 22.2. The Bertz CT molecular complexity index is 827. The summed E-state index contributed by atoms with van der Waals surface area (Å²) in [6.07, 6.45) is -4.18. The molecule has 1 heterocycles. The van der Waals surface area contributed by atoms with Crippen LogP contribution in [-0.2, 0) is 0 Å². The molecule has 0 aliphatic carbocycles. The molecular formula is C20H22ClF3N2O2. The topological polar surface area (TPSA) is 54.7 Å². The summed E-state index contributed by atoms with van der Waals surface area (Å²) < 4.78 is 45.8. The van der Waals surface area contributed by atoms with E-state index in [1.165, 1.54) is 13.3 Å². The second kappa shape index (κ2) is 9.39. The van der Waals surface area contributed by atoms with Crippen molar-refractivity contribution in [2.75, 3.05) is 7.11 Å². The standard InChI is InChI=1S/C20H22ClF3N2O2/c1-12(14-6-4-7-16(21)19(14)28-3)10-18(27)15(20(22,23)24)11-26-17-8-5-9-25-13(17)2/h4-9,11-12,15,18,27H,10H2,1-3H3. The summed E-state index contributed by atoms with van der Waals surface area (Å²) in [5.74, 6) is -2.13. The number of methoxy groups -OCH3 is 1. The molecule has 1 aromatic heterocycles. The number of aliphatic imine (C=N–C) groups is 1. The van der Waals surface area contributed by atoms with Gasteiger partial charge in [-0.1, -0.05) is 30.7 Å². The van der Waals surface area contributed by atoms with Gasteiger partial charge < -0.3 is 9.84 Å². The van der Waals surface area contributed by atoms with E-state index in [0.717, 1.165) is 6.21 Å². The van der Waals surface area contributed by atoms with Crippen molar-refractivity contribution in [1.29, 1.82) is 0 Å². The second-order valence-corrected chi connectivity index (χ2v) is 6.93. The van der Waals surface area contributed by atoms with E-state index in [-0.39, 0.29) is 6.42 Å². The highest BCUT2D eigenvalue weighted by atomic mass is 35.5. The molecule has 28 heavy (non-hydrogen) atoms. The molecule has 0 aliphatic heterocycles. The van der Waals surface area contributed by atoms with Gasteiger partial charge in [-0.3, -0.25) is 9.98 Å². The third-order valence-corrected chi connectivity index (χ3v) is 4.77. The molecule has 4 nitrogen and oxygen atoms in total. The molecule has 0 spiro atoms. The van der Waals surface area contributed by atoms with E-state index in [2.05, 4.69) is 9.98 Å². The summed E-state index contributed by atoms with van der Waals surface area (Å²) in [5.41, 5.74) is 1.47. The number of ether oxygens (including phenoxy) is 1. The maximum atomic E-state index is 13.5. The average molecular weight is 415 g/mol. The molecule has 0 bridgehead atoms. The first-order valence-electron chi connectivity index (χ1n) is 8.68. The summed E-state index contributed by atoms with van der Waals surface area (Å²) in [6, 6.07) is 8.20. The lowest BCUT2D eigenvalue weighted by Crippen LogP contribution is -2.36. The SMILES string of the molecule is COc1c(Cl)cccc1C(C)CC(O)C(C=Nc1cccnc1C)C(F)(F)F. The van der Waals surface area contributed by atoms with Gasteiger partial charge in [0.25, 0.3) is 0 Å². The summed E-state index contributed by atoms with van der Waals surface area (Å²) in [4.78, 5) is 7.90. The molecule has 0 saturated heterocycles. The van der Waals surface area contributed by atoms with E-state index in [1.54, 1.807) is 44.2 Å². The van der Waals surface area contributed by atoms with Crippen LogP contribution >= 0.6 is 11.6 Å². The number of aryl methyl sites for hydroxylation is 1. The van der Waals surface area contributed by atoms with Crippen LogP contribution < -0.4 is 4.74 Å². The number of aromatic nitrogens is 1. The molecule has 2 rings (SSSR count). The van der Waals surface area contributed by atoms with Gasteiger partial charge in [0.15, 0.2) is 0 Å². The van der Waals surface area contributed by atoms with Gasteiger partial charge in [-0.2, -0.15) is 13.2 Å². The summed E-state index contributed by atoms with van der Waals surface area (Å²) >= 11 is 6.08. The van der Waals surface area contributed by atoms with E-state index in [9.17, 15) is 18.3 Å². The average Bonchev–Trinajstić information content (AvgIpc) is 2.62. The lowest BCUT2D eigenvalue weighted by Gasteiger charge is -2.25. The molecule has 0 fully saturated rings. The van der Waals surface area contributed by atoms with Gasteiger partial charge in [-0.05, 0) is 43.0 Å². The van der Waals surface area contributed by atoms with E-state index in [4.69, 9.17) is 16.3 Å². The van der Waals surface area contributed by atoms with Crippen molar-refractivity contribution < 1.29 is 23.0 Å². The first-order valence-corrected chi connectivity index (χ1v) is 9.06. The maximum Gasteiger partial charge on any atom is 0.399 e. The largest absolute Gasteiger partial charge is 0.495 e. The third-order valence-electron chi connectivity index (χ3n) is 4.47. The minimum absolute atomic E-state index is 0.140. The van der Waals surface area contributed by atoms with Gasteiger partial charge in [0.2, 0.25) is 0 Å². The van der Waals surface area contributed by atoms with Gasteiger partial charge >= 0.3 is 6.18 Å². The molecule has 3 atom stereocenters. The monoisotopic (exact) mass is 414 g/mol. The lowest BCUT2D eigenvalue weighted by molar-refractivity contribution is -0.177. The van der Waals surface area contributed by atoms with Gasteiger partial charge in [0, 0.05) is 12.4 Å². The van der Waals surface area contributed by atoms with Crippen LogP contribution in [0.4, 0.5) is 18.9 Å². The maximum absolute atomic E-state index is 13.5. The predicted molar refractivity (Wildman–Crippen MR) is 104 cm³/mol. The summed E-state index contributed by atoms with van der Waals surface area (Å²) in [7, 11) is 1.44.